The molecule has 2 aliphatic heterocycles. The number of carboxylic acids is 1. The normalized spacial score (nSPS) is 28.8. The maximum Gasteiger partial charge on any atom is 0.336 e. The average molecular weight is 1030 g/mol. The Morgan fingerprint density at radius 1 is 0.907 bits per heavy atom. The number of fused-ring (bicyclic) bond motifs is 3. The molecule has 13 N–H and O–H groups in total. The van der Waals surface area contributed by atoms with E-state index in [2.05, 4.69) is 15.6 Å². The lowest BCUT2D eigenvalue weighted by atomic mass is 9.59. The number of benzene rings is 4. The maximum absolute atomic E-state index is 14.5. The molecule has 11 rings (SSSR count). The molecule has 4 heterocycles. The minimum atomic E-state index is -2.66. The van der Waals surface area contributed by atoms with Crippen LogP contribution in [0.5, 0.6) is 28.7 Å². The number of aromatic amines is 1. The van der Waals surface area contributed by atoms with Gasteiger partial charge in [-0.2, -0.15) is 0 Å². The fraction of sp³-hybridized carbons (Fsp3) is 0.393. The first kappa shape index (κ1) is 50.2. The number of aliphatic hydroxyl groups is 5. The molecule has 5 aliphatic rings. The van der Waals surface area contributed by atoms with Crippen molar-refractivity contribution in [2.75, 3.05) is 25.6 Å². The van der Waals surface area contributed by atoms with E-state index in [9.17, 15) is 50.4 Å². The van der Waals surface area contributed by atoms with Crippen molar-refractivity contribution in [1.29, 1.82) is 0 Å². The zero-order valence-corrected chi connectivity index (χ0v) is 40.7. The molecule has 75 heavy (non-hydrogen) atoms. The summed E-state index contributed by atoms with van der Waals surface area (Å²) < 4.78 is 32.4. The van der Waals surface area contributed by atoms with Crippen molar-refractivity contribution >= 4 is 22.8 Å². The molecule has 2 saturated carbocycles. The van der Waals surface area contributed by atoms with Gasteiger partial charge in [0, 0.05) is 54.0 Å². The van der Waals surface area contributed by atoms with Gasteiger partial charge in [-0.1, -0.05) is 60.9 Å². The molecule has 6 aromatic rings. The van der Waals surface area contributed by atoms with Crippen LogP contribution in [0.4, 0.5) is 5.82 Å². The standard InChI is InChI=1S/C56H60N4O15/c57-43-17-16-36(60-43)46(64)42(28-61)71-35-14-12-31(13-15-35)39-24-38(63)44-40(72-39)25-41(48(47(44)65)75-55(33-10-6-11-34(62)23-33)21-7-20-53(55)18-4-5-19-53)73-52-54(69)26-32(22-30-8-2-1-3-9-30)45(37-27-58-29-59-37)56(70,51(54)68)49(74-52)50(66)67/h1-3,6,8-17,23-26,37,42,45-46,49,51-52,58-62,64-65,68-70H,4-5,7,18-22,27-29,57H2,(H,66,67)/t37-,42-,45-,46+,49+,51-,52+,54+,55-,56+/m0/s1. The minimum Gasteiger partial charge on any atom is -0.508 e. The number of aliphatic hydroxyl groups excluding tert-OH is 3. The van der Waals surface area contributed by atoms with Crippen LogP contribution >= 0.6 is 0 Å². The number of carboxylic acid groups (broad SMARTS) is 1. The number of hydrogen-bond acceptors (Lipinski definition) is 17. The minimum absolute atomic E-state index is 0.0215. The number of phenolic OH excluding ortho intramolecular Hbond substituents is 2. The van der Waals surface area contributed by atoms with E-state index in [1.54, 1.807) is 48.5 Å². The van der Waals surface area contributed by atoms with E-state index in [0.717, 1.165) is 37.7 Å². The first-order valence-corrected chi connectivity index (χ1v) is 25.3. The molecule has 0 unspecified atom stereocenters. The number of aromatic hydroxyl groups is 2. The van der Waals surface area contributed by atoms with Crippen LogP contribution in [-0.2, 0) is 21.6 Å². The Bertz CT molecular complexity index is 3180. The zero-order valence-electron chi connectivity index (χ0n) is 40.7. The Morgan fingerprint density at radius 3 is 2.35 bits per heavy atom. The highest BCUT2D eigenvalue weighted by molar-refractivity contribution is 5.90. The van der Waals surface area contributed by atoms with Gasteiger partial charge < -0.3 is 80.3 Å². The smallest absolute Gasteiger partial charge is 0.336 e. The maximum atomic E-state index is 14.5. The SMILES string of the molecule is Nc1ccc([C@@H](O)[C@H](CO)Oc2ccc(-c3cc(=O)c4c(O)c(O[C@]5(c6cccc(O)c6)CCCC56CCCC6)c(O[C@@H]5O[C@H](C(=O)O)[C@]6(O)[C@H]([C@@H]7CNCN7)C(Cc7ccccc7)=C[C@@]5(O)[C@@H]6O)cc4o3)cc2)[nH]1. The number of phenols is 2. The van der Waals surface area contributed by atoms with Crippen LogP contribution in [0.25, 0.3) is 22.3 Å². The lowest BCUT2D eigenvalue weighted by Crippen LogP contribution is -2.79. The number of rotatable bonds is 15. The number of nitrogens with two attached hydrogens (primary N) is 1. The molecule has 2 saturated heterocycles. The number of aromatic nitrogens is 1. The van der Waals surface area contributed by atoms with Crippen LogP contribution in [0.1, 0.15) is 67.9 Å². The second kappa shape index (κ2) is 19.3. The van der Waals surface area contributed by atoms with Gasteiger partial charge in [0.15, 0.2) is 34.7 Å². The number of aliphatic carboxylic acids is 1. The highest BCUT2D eigenvalue weighted by Gasteiger charge is 2.71. The molecule has 3 aliphatic carbocycles. The number of hydrogen-bond donors (Lipinski definition) is 12. The van der Waals surface area contributed by atoms with Crippen molar-refractivity contribution < 1.29 is 69.0 Å². The van der Waals surface area contributed by atoms with Gasteiger partial charge in [-0.05, 0) is 104 Å². The lowest BCUT2D eigenvalue weighted by molar-refractivity contribution is -0.344. The number of ether oxygens (including phenoxy) is 4. The molecule has 4 aromatic carbocycles. The summed E-state index contributed by atoms with van der Waals surface area (Å²) in [6, 6.07) is 27.1. The van der Waals surface area contributed by atoms with E-state index in [1.807, 2.05) is 36.4 Å². The van der Waals surface area contributed by atoms with Crippen molar-refractivity contribution in [2.24, 2.45) is 11.3 Å². The molecule has 10 atom stereocenters. The van der Waals surface area contributed by atoms with Crippen LogP contribution in [0, 0.1) is 11.3 Å². The van der Waals surface area contributed by atoms with Crippen LogP contribution in [0.3, 0.4) is 0 Å². The first-order chi connectivity index (χ1) is 36.1. The number of nitrogen functional groups attached to an aromatic ring is 1. The van der Waals surface area contributed by atoms with Crippen molar-refractivity contribution in [3.05, 3.63) is 142 Å². The second-order valence-electron chi connectivity index (χ2n) is 20.7. The molecule has 0 radical (unpaired) electrons. The van der Waals surface area contributed by atoms with Gasteiger partial charge in [0.25, 0.3) is 0 Å². The Labute approximate surface area is 429 Å². The summed E-state index contributed by atoms with van der Waals surface area (Å²) in [4.78, 5) is 30.7. The fourth-order valence-corrected chi connectivity index (χ4v) is 12.9. The molecule has 2 bridgehead atoms. The van der Waals surface area contributed by atoms with Crippen molar-refractivity contribution in [3.63, 3.8) is 0 Å². The molecule has 394 valence electrons. The highest BCUT2D eigenvalue weighted by Crippen LogP contribution is 2.64. The van der Waals surface area contributed by atoms with Gasteiger partial charge in [-0.25, -0.2) is 4.79 Å². The van der Waals surface area contributed by atoms with E-state index in [1.165, 1.54) is 24.3 Å². The number of anilines is 1. The van der Waals surface area contributed by atoms with Gasteiger partial charge in [0.1, 0.15) is 57.5 Å². The lowest BCUT2D eigenvalue weighted by Gasteiger charge is -2.58. The van der Waals surface area contributed by atoms with Crippen LogP contribution in [0.2, 0.25) is 0 Å². The van der Waals surface area contributed by atoms with E-state index in [4.69, 9.17) is 29.1 Å². The van der Waals surface area contributed by atoms with Gasteiger partial charge in [0.2, 0.25) is 12.0 Å². The summed E-state index contributed by atoms with van der Waals surface area (Å²) in [6.45, 7) is 0.0814. The van der Waals surface area contributed by atoms with E-state index in [0.29, 0.717) is 54.3 Å². The summed E-state index contributed by atoms with van der Waals surface area (Å²) in [5, 5.41) is 99.7. The second-order valence-corrected chi connectivity index (χ2v) is 20.7. The van der Waals surface area contributed by atoms with Crippen LogP contribution in [-0.4, -0.2) is 113 Å². The molecule has 2 aromatic heterocycles. The third kappa shape index (κ3) is 8.47. The number of carbonyl (C=O) groups is 1. The molecule has 1 spiro atoms. The summed E-state index contributed by atoms with van der Waals surface area (Å²) >= 11 is 0. The third-order valence-electron chi connectivity index (χ3n) is 16.3. The predicted molar refractivity (Wildman–Crippen MR) is 271 cm³/mol. The van der Waals surface area contributed by atoms with Crippen molar-refractivity contribution in [1.82, 2.24) is 15.6 Å². The van der Waals surface area contributed by atoms with Crippen molar-refractivity contribution in [2.45, 2.75) is 105 Å². The van der Waals surface area contributed by atoms with E-state index in [-0.39, 0.29) is 46.1 Å². The van der Waals surface area contributed by atoms with Gasteiger partial charge >= 0.3 is 5.97 Å². The summed E-state index contributed by atoms with van der Waals surface area (Å²) in [5.74, 6) is -3.62. The van der Waals surface area contributed by atoms with E-state index >= 15 is 0 Å². The zero-order chi connectivity index (χ0) is 52.4. The molecule has 4 fully saturated rings. The molecule has 19 nitrogen and oxygen atoms in total. The Hall–Kier alpha value is -6.94. The van der Waals surface area contributed by atoms with E-state index < -0.39 is 88.6 Å². The summed E-state index contributed by atoms with van der Waals surface area (Å²) in [5.41, 5.74) is 0.324. The largest absolute Gasteiger partial charge is 0.508 e. The van der Waals surface area contributed by atoms with Gasteiger partial charge in [-0.15, -0.1) is 0 Å². The number of nitrogens with one attached hydrogen (secondary N) is 3. The Morgan fingerprint density at radius 2 is 1.67 bits per heavy atom. The molecule has 0 amide bonds. The van der Waals surface area contributed by atoms with Crippen LogP contribution < -0.4 is 36.0 Å². The Balaban J connectivity index is 1.04. The average Bonchev–Trinajstić information content (AvgIpc) is 4.27. The molecular weight excluding hydrogens is 969 g/mol. The summed E-state index contributed by atoms with van der Waals surface area (Å²) in [6.07, 6.45) is -2.28. The highest BCUT2D eigenvalue weighted by atomic mass is 16.7. The quantitative estimate of drug-likeness (QED) is 0.0625. The van der Waals surface area contributed by atoms with Gasteiger partial charge in [0.05, 0.1) is 6.61 Å². The predicted octanol–water partition coefficient (Wildman–Crippen LogP) is 4.60. The third-order valence-corrected chi connectivity index (χ3v) is 16.3. The number of H-pyrrole nitrogens is 1. The molecular formula is C56H60N4O15. The topological polar surface area (TPSA) is 312 Å². The van der Waals surface area contributed by atoms with Crippen molar-refractivity contribution in [3.8, 4) is 40.1 Å². The van der Waals surface area contributed by atoms with Gasteiger partial charge in [-0.3, -0.25) is 10.1 Å². The fourth-order valence-electron chi connectivity index (χ4n) is 12.9. The first-order valence-electron chi connectivity index (χ1n) is 25.3. The summed E-state index contributed by atoms with van der Waals surface area (Å²) in [7, 11) is 0. The monoisotopic (exact) mass is 1030 g/mol. The molecule has 19 heteroatoms. The van der Waals surface area contributed by atoms with Crippen LogP contribution in [0.15, 0.2) is 124 Å². The Kier molecular flexibility index (Phi) is 12.9.